The third-order valence-corrected chi connectivity index (χ3v) is 9.88. The first-order valence-corrected chi connectivity index (χ1v) is 19.9. The minimum Gasteiger partial charge on any atom is -0.508 e. The van der Waals surface area contributed by atoms with Crippen LogP contribution in [0.1, 0.15) is 148 Å². The molecule has 11 heteroatoms. The summed E-state index contributed by atoms with van der Waals surface area (Å²) in [5, 5.41) is 13.9. The predicted molar refractivity (Wildman–Crippen MR) is 211 cm³/mol. The van der Waals surface area contributed by atoms with Gasteiger partial charge in [0.25, 0.3) is 0 Å². The number of aromatic nitrogens is 1. The average molecular weight is 725 g/mol. The molecule has 0 saturated heterocycles. The summed E-state index contributed by atoms with van der Waals surface area (Å²) in [6.07, 6.45) is 19.3. The first kappa shape index (κ1) is 44.3. The predicted octanol–water partition coefficient (Wildman–Crippen LogP) is 7.12. The second kappa shape index (κ2) is 25.1. The second-order valence-corrected chi connectivity index (χ2v) is 15.1. The number of phenols is 1. The van der Waals surface area contributed by atoms with E-state index in [4.69, 9.17) is 17.2 Å². The molecule has 0 aliphatic carbocycles. The number of aromatic hydroxyl groups is 1. The van der Waals surface area contributed by atoms with Gasteiger partial charge in [-0.3, -0.25) is 24.2 Å². The maximum atomic E-state index is 14.0. The van der Waals surface area contributed by atoms with Crippen molar-refractivity contribution in [1.82, 2.24) is 10.3 Å². The lowest BCUT2D eigenvalue weighted by Gasteiger charge is -2.24. The lowest BCUT2D eigenvalue weighted by molar-refractivity contribution is -0.133. The summed E-state index contributed by atoms with van der Waals surface area (Å²) in [6.45, 7) is 6.43. The molecule has 3 atom stereocenters. The van der Waals surface area contributed by atoms with Gasteiger partial charge in [-0.25, -0.2) is 0 Å². The highest BCUT2D eigenvalue weighted by atomic mass is 16.3. The summed E-state index contributed by atoms with van der Waals surface area (Å²) in [7, 11) is 0. The van der Waals surface area contributed by atoms with Crippen LogP contribution in [-0.4, -0.2) is 52.0 Å². The number of carbonyl (C=O) groups is 4. The molecule has 0 fully saturated rings. The number of benzene rings is 1. The number of primary amides is 1. The number of nitrogens with one attached hydrogen (secondary N) is 2. The van der Waals surface area contributed by atoms with Crippen molar-refractivity contribution in [3.05, 3.63) is 30.0 Å². The molecular weight excluding hydrogens is 656 g/mol. The Bertz CT molecular complexity index is 1400. The summed E-state index contributed by atoms with van der Waals surface area (Å²) in [5.74, 6) is -2.45. The highest BCUT2D eigenvalue weighted by molar-refractivity contribution is 5.94. The van der Waals surface area contributed by atoms with Crippen molar-refractivity contribution >= 4 is 40.2 Å². The molecule has 2 rings (SSSR count). The Morgan fingerprint density at radius 3 is 2.02 bits per heavy atom. The van der Waals surface area contributed by atoms with Crippen molar-refractivity contribution in [2.75, 3.05) is 6.54 Å². The number of unbranched alkanes of at least 4 members (excludes halogenated alkanes) is 12. The van der Waals surface area contributed by atoms with E-state index in [0.29, 0.717) is 19.3 Å². The molecule has 1 heterocycles. The first-order chi connectivity index (χ1) is 24.9. The highest BCUT2D eigenvalue weighted by Gasteiger charge is 2.30. The molecule has 0 unspecified atom stereocenters. The summed E-state index contributed by atoms with van der Waals surface area (Å²) >= 11 is 0. The van der Waals surface area contributed by atoms with Crippen LogP contribution in [-0.2, 0) is 25.6 Å². The molecule has 0 aliphatic heterocycles. The molecule has 1 aromatic heterocycles. The zero-order chi connectivity index (χ0) is 38.3. The van der Waals surface area contributed by atoms with Gasteiger partial charge in [0, 0.05) is 54.7 Å². The number of aromatic amines is 1. The van der Waals surface area contributed by atoms with E-state index < -0.39 is 29.7 Å². The minimum atomic E-state index is -0.901. The number of carbonyl (C=O) groups excluding carboxylic acids is 4. The van der Waals surface area contributed by atoms with Crippen molar-refractivity contribution in [3.63, 3.8) is 0 Å². The van der Waals surface area contributed by atoms with Gasteiger partial charge in [0.2, 0.25) is 11.8 Å². The van der Waals surface area contributed by atoms with Crippen LogP contribution in [0, 0.1) is 17.8 Å². The zero-order valence-corrected chi connectivity index (χ0v) is 32.2. The third-order valence-electron chi connectivity index (χ3n) is 9.88. The van der Waals surface area contributed by atoms with Gasteiger partial charge in [-0.2, -0.15) is 0 Å². The van der Waals surface area contributed by atoms with E-state index in [2.05, 4.69) is 22.2 Å². The Hall–Kier alpha value is -3.89. The fourth-order valence-corrected chi connectivity index (χ4v) is 6.94. The van der Waals surface area contributed by atoms with Crippen molar-refractivity contribution in [2.24, 2.45) is 39.9 Å². The van der Waals surface area contributed by atoms with Gasteiger partial charge in [0.15, 0.2) is 11.7 Å². The normalized spacial score (nSPS) is 13.2. The molecule has 52 heavy (non-hydrogen) atoms. The Kier molecular flexibility index (Phi) is 21.4. The van der Waals surface area contributed by atoms with Crippen molar-refractivity contribution in [1.29, 1.82) is 0 Å². The van der Waals surface area contributed by atoms with E-state index in [-0.39, 0.29) is 61.4 Å². The topological polar surface area (TPSA) is 207 Å². The van der Waals surface area contributed by atoms with E-state index in [0.717, 1.165) is 35.7 Å². The van der Waals surface area contributed by atoms with Gasteiger partial charge in [-0.1, -0.05) is 97.8 Å². The number of nitrogens with zero attached hydrogens (tertiary/aromatic N) is 1. The van der Waals surface area contributed by atoms with E-state index in [1.54, 1.807) is 24.4 Å². The van der Waals surface area contributed by atoms with Crippen LogP contribution >= 0.6 is 0 Å². The summed E-state index contributed by atoms with van der Waals surface area (Å²) in [4.78, 5) is 60.4. The van der Waals surface area contributed by atoms with Crippen molar-refractivity contribution < 1.29 is 24.3 Å². The Balaban J connectivity index is 2.07. The fraction of sp³-hybridized carbons (Fsp3) is 0.683. The number of H-pyrrole nitrogens is 1. The molecule has 2 amide bonds. The van der Waals surface area contributed by atoms with E-state index >= 15 is 0 Å². The largest absolute Gasteiger partial charge is 0.508 e. The SMILES string of the molecule is CCCCCCCCCCCCCCCC(=O)C[C@H](Cc1c[nH]c2ccc(O)cc12)C(=O)N[C@@H](CCCN=C(N)N)C(=O)C[C@@H](CC(C)C)C(N)=O. The first-order valence-electron chi connectivity index (χ1n) is 19.9. The summed E-state index contributed by atoms with van der Waals surface area (Å²) < 4.78 is 0. The number of Topliss-reactive ketones (excluding diaryl/α,β-unsaturated/α-hetero) is 2. The van der Waals surface area contributed by atoms with Crippen LogP contribution in [0.3, 0.4) is 0 Å². The van der Waals surface area contributed by atoms with Crippen LogP contribution in [0.5, 0.6) is 5.75 Å². The molecule has 2 aromatic rings. The molecule has 0 bridgehead atoms. The van der Waals surface area contributed by atoms with Gasteiger partial charge < -0.3 is 32.6 Å². The molecule has 1 aromatic carbocycles. The Morgan fingerprint density at radius 2 is 1.44 bits per heavy atom. The lowest BCUT2D eigenvalue weighted by Crippen LogP contribution is -2.45. The smallest absolute Gasteiger partial charge is 0.224 e. The molecule has 0 aliphatic rings. The number of fused-ring (bicyclic) bond motifs is 1. The number of amides is 2. The highest BCUT2D eigenvalue weighted by Crippen LogP contribution is 2.27. The zero-order valence-electron chi connectivity index (χ0n) is 32.2. The number of rotatable bonds is 30. The number of phenolic OH excluding ortho intramolecular Hbond substituents is 1. The second-order valence-electron chi connectivity index (χ2n) is 15.1. The molecule has 11 nitrogen and oxygen atoms in total. The fourth-order valence-electron chi connectivity index (χ4n) is 6.94. The number of hydrogen-bond donors (Lipinski definition) is 6. The van der Waals surface area contributed by atoms with Crippen LogP contribution < -0.4 is 22.5 Å². The number of aliphatic imine (C=N–C) groups is 1. The number of guanidine groups is 1. The van der Waals surface area contributed by atoms with Gasteiger partial charge in [-0.05, 0) is 61.8 Å². The van der Waals surface area contributed by atoms with Gasteiger partial charge >= 0.3 is 0 Å². The number of hydrogen-bond acceptors (Lipinski definition) is 6. The van der Waals surface area contributed by atoms with Gasteiger partial charge in [-0.15, -0.1) is 0 Å². The summed E-state index contributed by atoms with van der Waals surface area (Å²) in [5.41, 5.74) is 18.2. The van der Waals surface area contributed by atoms with E-state index in [9.17, 15) is 24.3 Å². The molecule has 0 saturated carbocycles. The van der Waals surface area contributed by atoms with Crippen LogP contribution in [0.25, 0.3) is 10.9 Å². The van der Waals surface area contributed by atoms with Crippen molar-refractivity contribution in [2.45, 2.75) is 155 Å². The third kappa shape index (κ3) is 18.0. The standard InChI is InChI=1S/C41H68N6O5/c1-4-5-6-7-8-9-10-11-12-13-14-15-16-18-33(48)25-31(24-32-28-46-36-21-20-34(49)27-35(32)36)40(52)47-37(19-17-22-45-41(43)44)38(50)26-30(39(42)51)23-29(2)3/h20-21,27-31,37,46,49H,4-19,22-26H2,1-3H3,(H2,42,51)(H,47,52)(H4,43,44,45)/t30-,31+,37+/m1/s1. The van der Waals surface area contributed by atoms with Crippen molar-refractivity contribution in [3.8, 4) is 5.75 Å². The van der Waals surface area contributed by atoms with Gasteiger partial charge in [0.1, 0.15) is 11.5 Å². The maximum absolute atomic E-state index is 14.0. The molecule has 292 valence electrons. The maximum Gasteiger partial charge on any atom is 0.224 e. The number of ketones is 2. The van der Waals surface area contributed by atoms with E-state index in [1.807, 2.05) is 13.8 Å². The number of nitrogens with two attached hydrogens (primary N) is 3. The Morgan fingerprint density at radius 1 is 0.827 bits per heavy atom. The van der Waals surface area contributed by atoms with Crippen LogP contribution in [0.4, 0.5) is 0 Å². The van der Waals surface area contributed by atoms with E-state index in [1.165, 1.54) is 64.2 Å². The Labute approximate surface area is 311 Å². The monoisotopic (exact) mass is 725 g/mol. The quantitative estimate of drug-likeness (QED) is 0.0279. The van der Waals surface area contributed by atoms with Crippen LogP contribution in [0.15, 0.2) is 29.4 Å². The minimum absolute atomic E-state index is 0.00673. The molecule has 9 N–H and O–H groups in total. The van der Waals surface area contributed by atoms with Crippen LogP contribution in [0.2, 0.25) is 0 Å². The average Bonchev–Trinajstić information content (AvgIpc) is 3.48. The van der Waals surface area contributed by atoms with Gasteiger partial charge in [0.05, 0.1) is 6.04 Å². The lowest BCUT2D eigenvalue weighted by atomic mass is 9.88. The summed E-state index contributed by atoms with van der Waals surface area (Å²) in [6, 6.07) is 4.09. The molecular formula is C41H68N6O5. The molecule has 0 spiro atoms. The molecule has 0 radical (unpaired) electrons.